The number of likely N-dealkylation sites (tertiary alicyclic amines) is 1. The molecule has 1 fully saturated rings. The van der Waals surface area contributed by atoms with Crippen LogP contribution in [0.15, 0.2) is 34.9 Å². The molecule has 0 radical (unpaired) electrons. The van der Waals surface area contributed by atoms with E-state index in [9.17, 15) is 4.79 Å². The first-order valence-electron chi connectivity index (χ1n) is 8.36. The van der Waals surface area contributed by atoms with Gasteiger partial charge in [0.2, 0.25) is 11.8 Å². The topological polar surface area (TPSA) is 62.5 Å². The largest absolute Gasteiger partial charge is 0.340 e. The molecule has 128 valence electrons. The first-order chi connectivity index (χ1) is 11.6. The monoisotopic (exact) mass is 328 g/mol. The summed E-state index contributed by atoms with van der Waals surface area (Å²) in [5.41, 5.74) is 1.02. The van der Waals surface area contributed by atoms with Gasteiger partial charge in [0.25, 0.3) is 0 Å². The van der Waals surface area contributed by atoms with Gasteiger partial charge in [-0.15, -0.1) is 0 Å². The zero-order valence-electron chi connectivity index (χ0n) is 14.5. The van der Waals surface area contributed by atoms with E-state index in [1.165, 1.54) is 0 Å². The van der Waals surface area contributed by atoms with E-state index in [1.807, 2.05) is 54.2 Å². The minimum Gasteiger partial charge on any atom is -0.340 e. The fraction of sp³-hybridized carbons (Fsp3) is 0.500. The Morgan fingerprint density at radius 2 is 2.08 bits per heavy atom. The predicted molar refractivity (Wildman–Crippen MR) is 90.5 cm³/mol. The third-order valence-electron chi connectivity index (χ3n) is 4.51. The van der Waals surface area contributed by atoms with Gasteiger partial charge in [-0.2, -0.15) is 4.98 Å². The molecule has 0 bridgehead atoms. The lowest BCUT2D eigenvalue weighted by Gasteiger charge is -2.35. The lowest BCUT2D eigenvalue weighted by molar-refractivity contribution is -0.137. The van der Waals surface area contributed by atoms with Gasteiger partial charge in [0.15, 0.2) is 5.82 Å². The minimum absolute atomic E-state index is 0.135. The predicted octanol–water partition coefficient (Wildman–Crippen LogP) is 2.39. The molecule has 2 aromatic rings. The lowest BCUT2D eigenvalue weighted by atomic mass is 9.95. The number of amides is 1. The minimum atomic E-state index is -0.267. The van der Waals surface area contributed by atoms with Gasteiger partial charge in [0.05, 0.1) is 0 Å². The first-order valence-corrected chi connectivity index (χ1v) is 8.36. The van der Waals surface area contributed by atoms with E-state index < -0.39 is 0 Å². The molecule has 1 aliphatic heterocycles. The zero-order chi connectivity index (χ0) is 17.1. The van der Waals surface area contributed by atoms with Crippen molar-refractivity contribution in [1.29, 1.82) is 0 Å². The number of aromatic nitrogens is 2. The summed E-state index contributed by atoms with van der Waals surface area (Å²) in [6.45, 7) is 3.22. The lowest BCUT2D eigenvalue weighted by Crippen LogP contribution is -2.45. The van der Waals surface area contributed by atoms with Gasteiger partial charge in [0.1, 0.15) is 6.04 Å². The average molecular weight is 328 g/mol. The van der Waals surface area contributed by atoms with Crippen LogP contribution in [0.4, 0.5) is 0 Å². The molecule has 0 aliphatic carbocycles. The zero-order valence-corrected chi connectivity index (χ0v) is 14.5. The van der Waals surface area contributed by atoms with Crippen LogP contribution in [0.5, 0.6) is 0 Å². The van der Waals surface area contributed by atoms with Gasteiger partial charge in [-0.25, -0.2) is 0 Å². The Bertz CT molecular complexity index is 683. The number of carbonyl (C=O) groups excluding carboxylic acids is 1. The molecule has 6 nitrogen and oxygen atoms in total. The Hall–Kier alpha value is -2.21. The van der Waals surface area contributed by atoms with E-state index in [0.29, 0.717) is 18.3 Å². The summed E-state index contributed by atoms with van der Waals surface area (Å²) in [4.78, 5) is 21.4. The summed E-state index contributed by atoms with van der Waals surface area (Å²) in [6, 6.07) is 9.66. The van der Waals surface area contributed by atoms with Crippen molar-refractivity contribution in [3.63, 3.8) is 0 Å². The highest BCUT2D eigenvalue weighted by Crippen LogP contribution is 2.28. The maximum absolute atomic E-state index is 13.1. The van der Waals surface area contributed by atoms with Crippen molar-refractivity contribution in [2.24, 2.45) is 0 Å². The van der Waals surface area contributed by atoms with Crippen molar-refractivity contribution >= 4 is 5.91 Å². The Morgan fingerprint density at radius 3 is 2.71 bits per heavy atom. The van der Waals surface area contributed by atoms with Crippen LogP contribution in [0.3, 0.4) is 0 Å². The molecule has 24 heavy (non-hydrogen) atoms. The normalized spacial score (nSPS) is 19.5. The molecule has 3 rings (SSSR count). The molecule has 1 aromatic heterocycles. The summed E-state index contributed by atoms with van der Waals surface area (Å²) in [6.07, 6.45) is 1.94. The van der Waals surface area contributed by atoms with E-state index in [0.717, 1.165) is 24.9 Å². The van der Waals surface area contributed by atoms with Gasteiger partial charge in [-0.3, -0.25) is 9.69 Å². The van der Waals surface area contributed by atoms with Crippen molar-refractivity contribution < 1.29 is 9.32 Å². The fourth-order valence-electron chi connectivity index (χ4n) is 3.34. The highest BCUT2D eigenvalue weighted by atomic mass is 16.5. The second-order valence-corrected chi connectivity index (χ2v) is 6.57. The van der Waals surface area contributed by atoms with Crippen molar-refractivity contribution in [3.05, 3.63) is 47.6 Å². The van der Waals surface area contributed by atoms with Gasteiger partial charge in [-0.1, -0.05) is 35.5 Å². The van der Waals surface area contributed by atoms with E-state index >= 15 is 0 Å². The number of likely N-dealkylation sites (N-methyl/N-ethyl adjacent to an activating group) is 1. The fourth-order valence-corrected chi connectivity index (χ4v) is 3.34. The average Bonchev–Trinajstić information content (AvgIpc) is 3.02. The molecule has 0 N–H and O–H groups in total. The Labute approximate surface area is 142 Å². The summed E-state index contributed by atoms with van der Waals surface area (Å²) in [7, 11) is 3.89. The van der Waals surface area contributed by atoms with E-state index in [-0.39, 0.29) is 17.9 Å². The summed E-state index contributed by atoms with van der Waals surface area (Å²) < 4.78 is 5.10. The van der Waals surface area contributed by atoms with Crippen molar-refractivity contribution in [1.82, 2.24) is 19.9 Å². The highest BCUT2D eigenvalue weighted by Gasteiger charge is 2.33. The number of piperidine rings is 1. The van der Waals surface area contributed by atoms with E-state index in [1.54, 1.807) is 6.92 Å². The molecule has 2 atom stereocenters. The number of hydrogen-bond donors (Lipinski definition) is 0. The second kappa shape index (κ2) is 7.13. The van der Waals surface area contributed by atoms with Crippen LogP contribution in [0.1, 0.15) is 42.1 Å². The Balaban J connectivity index is 1.77. The van der Waals surface area contributed by atoms with Crippen LogP contribution >= 0.6 is 0 Å². The van der Waals surface area contributed by atoms with Gasteiger partial charge in [-0.05, 0) is 32.5 Å². The SMILES string of the molecule is Cc1nc([C@@H]2CCCN(C(=O)[C@@H](c3ccccc3)N(C)C)C2)no1. The molecular weight excluding hydrogens is 304 g/mol. The molecule has 1 amide bonds. The van der Waals surface area contributed by atoms with Crippen LogP contribution in [-0.4, -0.2) is 53.0 Å². The highest BCUT2D eigenvalue weighted by molar-refractivity contribution is 5.83. The summed E-state index contributed by atoms with van der Waals surface area (Å²) in [5, 5.41) is 4.04. The van der Waals surface area contributed by atoms with Crippen LogP contribution < -0.4 is 0 Å². The Kier molecular flexibility index (Phi) is 4.94. The number of nitrogens with zero attached hydrogens (tertiary/aromatic N) is 4. The molecule has 1 aliphatic rings. The summed E-state index contributed by atoms with van der Waals surface area (Å²) in [5.74, 6) is 1.57. The summed E-state index contributed by atoms with van der Waals surface area (Å²) >= 11 is 0. The third kappa shape index (κ3) is 3.48. The number of carbonyl (C=O) groups is 1. The number of benzene rings is 1. The van der Waals surface area contributed by atoms with Gasteiger partial charge < -0.3 is 9.42 Å². The molecule has 0 saturated carbocycles. The second-order valence-electron chi connectivity index (χ2n) is 6.57. The van der Waals surface area contributed by atoms with Crippen molar-refractivity contribution in [2.45, 2.75) is 31.7 Å². The molecule has 0 spiro atoms. The molecule has 0 unspecified atom stereocenters. The molecule has 1 saturated heterocycles. The maximum atomic E-state index is 13.1. The number of aryl methyl sites for hydroxylation is 1. The quantitative estimate of drug-likeness (QED) is 0.862. The first kappa shape index (κ1) is 16.6. The number of hydrogen-bond acceptors (Lipinski definition) is 5. The van der Waals surface area contributed by atoms with Crippen LogP contribution in [0, 0.1) is 6.92 Å². The smallest absolute Gasteiger partial charge is 0.244 e. The van der Waals surface area contributed by atoms with E-state index in [4.69, 9.17) is 4.52 Å². The Morgan fingerprint density at radius 1 is 1.33 bits per heavy atom. The van der Waals surface area contributed by atoms with Crippen molar-refractivity contribution in [3.8, 4) is 0 Å². The standard InChI is InChI=1S/C18H24N4O2/c1-13-19-17(20-24-13)15-10-7-11-22(12-15)18(23)16(21(2)3)14-8-5-4-6-9-14/h4-6,8-9,15-16H,7,10-12H2,1-3H3/t15-,16-/m1/s1. The maximum Gasteiger partial charge on any atom is 0.244 e. The molecular formula is C18H24N4O2. The number of rotatable bonds is 4. The van der Waals surface area contributed by atoms with Crippen molar-refractivity contribution in [2.75, 3.05) is 27.2 Å². The van der Waals surface area contributed by atoms with Crippen LogP contribution in [-0.2, 0) is 4.79 Å². The van der Waals surface area contributed by atoms with Gasteiger partial charge >= 0.3 is 0 Å². The van der Waals surface area contributed by atoms with Gasteiger partial charge in [0, 0.05) is 25.9 Å². The molecule has 6 heteroatoms. The molecule has 2 heterocycles. The van der Waals surface area contributed by atoms with Crippen LogP contribution in [0.2, 0.25) is 0 Å². The third-order valence-corrected chi connectivity index (χ3v) is 4.51. The molecule has 1 aromatic carbocycles. The van der Waals surface area contributed by atoms with Crippen LogP contribution in [0.25, 0.3) is 0 Å². The van der Waals surface area contributed by atoms with E-state index in [2.05, 4.69) is 10.1 Å².